The van der Waals surface area contributed by atoms with Crippen molar-refractivity contribution in [3.05, 3.63) is 51.4 Å². The van der Waals surface area contributed by atoms with Crippen LogP contribution in [0.4, 0.5) is 0 Å². The Morgan fingerprint density at radius 3 is 2.72 bits per heavy atom. The van der Waals surface area contributed by atoms with Crippen molar-refractivity contribution in [2.75, 3.05) is 0 Å². The van der Waals surface area contributed by atoms with Crippen molar-refractivity contribution in [1.29, 1.82) is 0 Å². The number of hydrogen-bond acceptors (Lipinski definition) is 3. The van der Waals surface area contributed by atoms with Gasteiger partial charge in [-0.15, -0.1) is 11.3 Å². The van der Waals surface area contributed by atoms with Gasteiger partial charge < -0.3 is 5.32 Å². The van der Waals surface area contributed by atoms with Crippen molar-refractivity contribution in [1.82, 2.24) is 10.3 Å². The molecule has 1 N–H and O–H groups in total. The number of thiazole rings is 1. The van der Waals surface area contributed by atoms with E-state index in [9.17, 15) is 0 Å². The predicted octanol–water partition coefficient (Wildman–Crippen LogP) is 4.04. The highest BCUT2D eigenvalue weighted by atomic mass is 35.5. The van der Waals surface area contributed by atoms with Crippen molar-refractivity contribution < 1.29 is 0 Å². The summed E-state index contributed by atoms with van der Waals surface area (Å²) in [6.45, 7) is 0.799. The van der Waals surface area contributed by atoms with Gasteiger partial charge in [0.1, 0.15) is 9.34 Å². The topological polar surface area (TPSA) is 24.9 Å². The van der Waals surface area contributed by atoms with Gasteiger partial charge in [-0.1, -0.05) is 41.9 Å². The first-order valence-electron chi connectivity index (χ1n) is 6.21. The zero-order valence-corrected chi connectivity index (χ0v) is 11.5. The van der Waals surface area contributed by atoms with Crippen molar-refractivity contribution in [2.45, 2.75) is 25.4 Å². The van der Waals surface area contributed by atoms with Crippen LogP contribution >= 0.6 is 22.9 Å². The minimum Gasteiger partial charge on any atom is -0.303 e. The predicted molar refractivity (Wildman–Crippen MR) is 75.9 cm³/mol. The van der Waals surface area contributed by atoms with Gasteiger partial charge in [-0.2, -0.15) is 0 Å². The van der Waals surface area contributed by atoms with E-state index in [1.165, 1.54) is 18.4 Å². The van der Waals surface area contributed by atoms with Gasteiger partial charge >= 0.3 is 0 Å². The van der Waals surface area contributed by atoms with Gasteiger partial charge in [0, 0.05) is 12.6 Å². The summed E-state index contributed by atoms with van der Waals surface area (Å²) in [5.41, 5.74) is 1.38. The summed E-state index contributed by atoms with van der Waals surface area (Å²) >= 11 is 7.44. The lowest BCUT2D eigenvalue weighted by Gasteiger charge is -2.18. The SMILES string of the molecule is Clc1cnc(CNC(c2ccccc2)C2CC2)s1. The van der Waals surface area contributed by atoms with Gasteiger partial charge in [0.15, 0.2) is 0 Å². The summed E-state index contributed by atoms with van der Waals surface area (Å²) in [6, 6.07) is 11.1. The molecule has 0 saturated heterocycles. The summed E-state index contributed by atoms with van der Waals surface area (Å²) in [4.78, 5) is 4.29. The summed E-state index contributed by atoms with van der Waals surface area (Å²) < 4.78 is 0.759. The molecule has 0 radical (unpaired) electrons. The molecule has 1 unspecified atom stereocenters. The smallest absolute Gasteiger partial charge is 0.113 e. The molecule has 0 amide bonds. The van der Waals surface area contributed by atoms with Gasteiger partial charge in [-0.05, 0) is 24.3 Å². The molecule has 2 aromatic rings. The standard InChI is InChI=1S/C14H15ClN2S/c15-12-8-16-13(18-12)9-17-14(11-6-7-11)10-4-2-1-3-5-10/h1-5,8,11,14,17H,6-7,9H2. The maximum absolute atomic E-state index is 5.90. The first-order chi connectivity index (χ1) is 8.83. The molecule has 3 rings (SSSR count). The summed E-state index contributed by atoms with van der Waals surface area (Å²) in [6.07, 6.45) is 4.37. The Kier molecular flexibility index (Phi) is 3.64. The van der Waals surface area contributed by atoms with E-state index in [1.807, 2.05) is 0 Å². The van der Waals surface area contributed by atoms with Crippen molar-refractivity contribution in [3.8, 4) is 0 Å². The van der Waals surface area contributed by atoms with Gasteiger partial charge in [-0.25, -0.2) is 4.98 Å². The highest BCUT2D eigenvalue weighted by Gasteiger charge is 2.31. The Morgan fingerprint density at radius 2 is 2.11 bits per heavy atom. The molecule has 0 spiro atoms. The molecular weight excluding hydrogens is 264 g/mol. The van der Waals surface area contributed by atoms with Crippen molar-refractivity contribution >= 4 is 22.9 Å². The molecule has 2 nitrogen and oxygen atoms in total. The Bertz CT molecular complexity index is 508. The van der Waals surface area contributed by atoms with Crippen LogP contribution in [-0.4, -0.2) is 4.98 Å². The fraction of sp³-hybridized carbons (Fsp3) is 0.357. The van der Waals surface area contributed by atoms with Crippen LogP contribution in [0.2, 0.25) is 4.34 Å². The average Bonchev–Trinajstić information content (AvgIpc) is 3.14. The number of rotatable bonds is 5. The first-order valence-corrected chi connectivity index (χ1v) is 7.41. The zero-order chi connectivity index (χ0) is 12.4. The highest BCUT2D eigenvalue weighted by Crippen LogP contribution is 2.41. The number of halogens is 1. The minimum atomic E-state index is 0.453. The summed E-state index contributed by atoms with van der Waals surface area (Å²) in [5.74, 6) is 0.780. The number of benzene rings is 1. The Labute approximate surface area is 116 Å². The lowest BCUT2D eigenvalue weighted by Crippen LogP contribution is -2.22. The van der Waals surface area contributed by atoms with E-state index < -0.39 is 0 Å². The van der Waals surface area contributed by atoms with Crippen LogP contribution in [0.3, 0.4) is 0 Å². The quantitative estimate of drug-likeness (QED) is 0.893. The number of nitrogens with one attached hydrogen (secondary N) is 1. The Morgan fingerprint density at radius 1 is 1.33 bits per heavy atom. The van der Waals surface area contributed by atoms with Gasteiger partial charge in [0.25, 0.3) is 0 Å². The fourth-order valence-electron chi connectivity index (χ4n) is 2.21. The van der Waals surface area contributed by atoms with Crippen LogP contribution in [0.15, 0.2) is 36.5 Å². The second-order valence-electron chi connectivity index (χ2n) is 4.66. The molecule has 1 aliphatic carbocycles. The van der Waals surface area contributed by atoms with Crippen LogP contribution in [-0.2, 0) is 6.54 Å². The number of nitrogens with zero attached hydrogens (tertiary/aromatic N) is 1. The van der Waals surface area contributed by atoms with E-state index in [-0.39, 0.29) is 0 Å². The maximum Gasteiger partial charge on any atom is 0.113 e. The molecule has 18 heavy (non-hydrogen) atoms. The molecule has 94 valence electrons. The Balaban J connectivity index is 1.68. The van der Waals surface area contributed by atoms with E-state index in [4.69, 9.17) is 11.6 Å². The van der Waals surface area contributed by atoms with Gasteiger partial charge in [-0.3, -0.25) is 0 Å². The van der Waals surface area contributed by atoms with Crippen molar-refractivity contribution in [3.63, 3.8) is 0 Å². The van der Waals surface area contributed by atoms with E-state index in [2.05, 4.69) is 40.6 Å². The Hall–Kier alpha value is -0.900. The van der Waals surface area contributed by atoms with Crippen LogP contribution in [0.5, 0.6) is 0 Å². The van der Waals surface area contributed by atoms with E-state index >= 15 is 0 Å². The molecule has 1 atom stereocenters. The van der Waals surface area contributed by atoms with E-state index in [0.29, 0.717) is 6.04 Å². The molecule has 1 heterocycles. The third-order valence-electron chi connectivity index (χ3n) is 3.25. The summed E-state index contributed by atoms with van der Waals surface area (Å²) in [7, 11) is 0. The lowest BCUT2D eigenvalue weighted by molar-refractivity contribution is 0.479. The van der Waals surface area contributed by atoms with Crippen LogP contribution in [0.1, 0.15) is 29.5 Å². The van der Waals surface area contributed by atoms with Gasteiger partial charge in [0.05, 0.1) is 6.20 Å². The molecule has 0 bridgehead atoms. The monoisotopic (exact) mass is 278 g/mol. The second kappa shape index (κ2) is 5.39. The van der Waals surface area contributed by atoms with Gasteiger partial charge in [0.2, 0.25) is 0 Å². The van der Waals surface area contributed by atoms with Crippen LogP contribution < -0.4 is 5.32 Å². The summed E-state index contributed by atoms with van der Waals surface area (Å²) in [5, 5.41) is 4.67. The molecule has 1 aromatic heterocycles. The van der Waals surface area contributed by atoms with Crippen LogP contribution in [0.25, 0.3) is 0 Å². The molecule has 0 aliphatic heterocycles. The van der Waals surface area contributed by atoms with Crippen LogP contribution in [0, 0.1) is 5.92 Å². The fourth-order valence-corrected chi connectivity index (χ4v) is 3.12. The zero-order valence-electron chi connectivity index (χ0n) is 9.97. The van der Waals surface area contributed by atoms with E-state index in [0.717, 1.165) is 21.8 Å². The molecular formula is C14H15ClN2S. The number of aromatic nitrogens is 1. The highest BCUT2D eigenvalue weighted by molar-refractivity contribution is 7.15. The molecule has 1 saturated carbocycles. The number of hydrogen-bond donors (Lipinski definition) is 1. The third-order valence-corrected chi connectivity index (χ3v) is 4.37. The minimum absolute atomic E-state index is 0.453. The maximum atomic E-state index is 5.90. The first kappa shape index (κ1) is 12.2. The normalized spacial score (nSPS) is 16.7. The molecule has 1 fully saturated rings. The van der Waals surface area contributed by atoms with E-state index in [1.54, 1.807) is 17.5 Å². The molecule has 4 heteroatoms. The average molecular weight is 279 g/mol. The lowest BCUT2D eigenvalue weighted by atomic mass is 10.0. The second-order valence-corrected chi connectivity index (χ2v) is 6.41. The third kappa shape index (κ3) is 2.91. The van der Waals surface area contributed by atoms with Crippen molar-refractivity contribution in [2.24, 2.45) is 5.92 Å². The molecule has 1 aliphatic rings. The largest absolute Gasteiger partial charge is 0.303 e. The molecule has 1 aromatic carbocycles.